The number of fused-ring (bicyclic) bond motifs is 1. The lowest BCUT2D eigenvalue weighted by Gasteiger charge is -2.23. The highest BCUT2D eigenvalue weighted by atomic mass is 16.5. The Morgan fingerprint density at radius 3 is 2.79 bits per heavy atom. The van der Waals surface area contributed by atoms with E-state index >= 15 is 0 Å². The van der Waals surface area contributed by atoms with Crippen molar-refractivity contribution in [1.82, 2.24) is 4.90 Å². The average Bonchev–Trinajstić information content (AvgIpc) is 3.12. The SMILES string of the molecule is CC(c1ccco1)N(C)C(=O)COc1ccc2ccc(=O)oc2c1. The second-order valence-electron chi connectivity index (χ2n) is 5.44. The van der Waals surface area contributed by atoms with E-state index in [1.165, 1.54) is 6.07 Å². The van der Waals surface area contributed by atoms with Gasteiger partial charge in [0.1, 0.15) is 17.1 Å². The Kier molecular flexibility index (Phi) is 4.37. The quantitative estimate of drug-likeness (QED) is 0.674. The zero-order valence-corrected chi connectivity index (χ0v) is 13.4. The van der Waals surface area contributed by atoms with Gasteiger partial charge in [-0.05, 0) is 37.3 Å². The van der Waals surface area contributed by atoms with E-state index < -0.39 is 5.63 Å². The van der Waals surface area contributed by atoms with Crippen molar-refractivity contribution in [3.05, 3.63) is 64.9 Å². The third-order valence-electron chi connectivity index (χ3n) is 3.89. The predicted octanol–water partition coefficient (Wildman–Crippen LogP) is 2.98. The van der Waals surface area contributed by atoms with Crippen LogP contribution < -0.4 is 10.4 Å². The van der Waals surface area contributed by atoms with Crippen molar-refractivity contribution in [1.29, 1.82) is 0 Å². The number of furan rings is 1. The maximum absolute atomic E-state index is 12.3. The molecule has 6 heteroatoms. The molecule has 3 aromatic rings. The molecule has 1 unspecified atom stereocenters. The summed E-state index contributed by atoms with van der Waals surface area (Å²) in [5, 5.41) is 0.789. The molecule has 0 saturated carbocycles. The molecule has 1 atom stereocenters. The number of ether oxygens (including phenoxy) is 1. The maximum atomic E-state index is 12.3. The zero-order chi connectivity index (χ0) is 17.1. The van der Waals surface area contributed by atoms with Gasteiger partial charge in [0.25, 0.3) is 5.91 Å². The van der Waals surface area contributed by atoms with Gasteiger partial charge in [0, 0.05) is 24.6 Å². The lowest BCUT2D eigenvalue weighted by Crippen LogP contribution is -2.33. The van der Waals surface area contributed by atoms with Crippen molar-refractivity contribution < 1.29 is 18.4 Å². The third-order valence-corrected chi connectivity index (χ3v) is 3.89. The van der Waals surface area contributed by atoms with Crippen LogP contribution in [0.1, 0.15) is 18.7 Å². The summed E-state index contributed by atoms with van der Waals surface area (Å²) in [6.45, 7) is 1.76. The first-order valence-corrected chi connectivity index (χ1v) is 7.50. The van der Waals surface area contributed by atoms with Gasteiger partial charge in [0.2, 0.25) is 0 Å². The Hall–Kier alpha value is -3.02. The number of carbonyl (C=O) groups excluding carboxylic acids is 1. The van der Waals surface area contributed by atoms with Crippen molar-refractivity contribution in [3.8, 4) is 5.75 Å². The van der Waals surface area contributed by atoms with Gasteiger partial charge < -0.3 is 18.5 Å². The molecular formula is C18H17NO5. The lowest BCUT2D eigenvalue weighted by atomic mass is 10.2. The number of hydrogen-bond donors (Lipinski definition) is 0. The monoisotopic (exact) mass is 327 g/mol. The van der Waals surface area contributed by atoms with Crippen molar-refractivity contribution in [2.45, 2.75) is 13.0 Å². The third kappa shape index (κ3) is 3.32. The van der Waals surface area contributed by atoms with Crippen LogP contribution >= 0.6 is 0 Å². The van der Waals surface area contributed by atoms with E-state index in [0.717, 1.165) is 5.39 Å². The average molecular weight is 327 g/mol. The molecule has 0 fully saturated rings. The molecule has 24 heavy (non-hydrogen) atoms. The topological polar surface area (TPSA) is 72.9 Å². The molecule has 0 radical (unpaired) electrons. The molecule has 0 aliphatic heterocycles. The van der Waals surface area contributed by atoms with E-state index in [4.69, 9.17) is 13.6 Å². The summed E-state index contributed by atoms with van der Waals surface area (Å²) >= 11 is 0. The molecule has 0 aliphatic carbocycles. The van der Waals surface area contributed by atoms with Gasteiger partial charge in [-0.1, -0.05) is 0 Å². The van der Waals surface area contributed by atoms with Crippen LogP contribution in [-0.4, -0.2) is 24.5 Å². The summed E-state index contributed by atoms with van der Waals surface area (Å²) in [7, 11) is 1.69. The summed E-state index contributed by atoms with van der Waals surface area (Å²) in [5.41, 5.74) is -0.00695. The Bertz CT molecular complexity index is 897. The smallest absolute Gasteiger partial charge is 0.336 e. The fraction of sp³-hybridized carbons (Fsp3) is 0.222. The lowest BCUT2D eigenvalue weighted by molar-refractivity contribution is -0.134. The van der Waals surface area contributed by atoms with Crippen molar-refractivity contribution in [2.75, 3.05) is 13.7 Å². The number of likely N-dealkylation sites (N-methyl/N-ethyl adjacent to an activating group) is 1. The van der Waals surface area contributed by atoms with Gasteiger partial charge in [-0.25, -0.2) is 4.79 Å². The van der Waals surface area contributed by atoms with E-state index in [1.54, 1.807) is 48.5 Å². The minimum absolute atomic E-state index is 0.121. The molecule has 1 aromatic carbocycles. The first-order valence-electron chi connectivity index (χ1n) is 7.50. The minimum Gasteiger partial charge on any atom is -0.484 e. The summed E-state index contributed by atoms with van der Waals surface area (Å²) < 4.78 is 15.9. The van der Waals surface area contributed by atoms with Gasteiger partial charge in [-0.2, -0.15) is 0 Å². The number of rotatable bonds is 5. The number of amides is 1. The van der Waals surface area contributed by atoms with Crippen LogP contribution in [0.25, 0.3) is 11.0 Å². The number of benzene rings is 1. The number of nitrogens with zero attached hydrogens (tertiary/aromatic N) is 1. The van der Waals surface area contributed by atoms with E-state index in [9.17, 15) is 9.59 Å². The minimum atomic E-state index is -0.428. The van der Waals surface area contributed by atoms with Crippen molar-refractivity contribution >= 4 is 16.9 Å². The molecule has 0 aliphatic rings. The summed E-state index contributed by atoms with van der Waals surface area (Å²) in [5.74, 6) is 0.982. The van der Waals surface area contributed by atoms with Crippen LogP contribution in [0, 0.1) is 0 Å². The van der Waals surface area contributed by atoms with Gasteiger partial charge in [0.05, 0.1) is 12.3 Å². The molecule has 0 saturated heterocycles. The van der Waals surface area contributed by atoms with Crippen LogP contribution in [0.2, 0.25) is 0 Å². The fourth-order valence-corrected chi connectivity index (χ4v) is 2.31. The summed E-state index contributed by atoms with van der Waals surface area (Å²) in [6, 6.07) is 11.5. The van der Waals surface area contributed by atoms with E-state index in [0.29, 0.717) is 17.1 Å². The second kappa shape index (κ2) is 6.62. The highest BCUT2D eigenvalue weighted by Crippen LogP contribution is 2.21. The Labute approximate surface area is 138 Å². The summed E-state index contributed by atoms with van der Waals surface area (Å²) in [4.78, 5) is 25.1. The van der Waals surface area contributed by atoms with Gasteiger partial charge in [-0.3, -0.25) is 4.79 Å². The second-order valence-corrected chi connectivity index (χ2v) is 5.44. The normalized spacial score (nSPS) is 12.1. The first kappa shape index (κ1) is 15.9. The Balaban J connectivity index is 1.66. The van der Waals surface area contributed by atoms with Crippen LogP contribution in [0.4, 0.5) is 0 Å². The van der Waals surface area contributed by atoms with E-state index in [-0.39, 0.29) is 18.6 Å². The summed E-state index contributed by atoms with van der Waals surface area (Å²) in [6.07, 6.45) is 1.57. The standard InChI is InChI=1S/C18H17NO5/c1-12(15-4-3-9-22-15)19(2)17(20)11-23-14-7-5-13-6-8-18(21)24-16(13)10-14/h3-10,12H,11H2,1-2H3. The molecule has 124 valence electrons. The Morgan fingerprint density at radius 1 is 1.25 bits per heavy atom. The van der Waals surface area contributed by atoms with Crippen molar-refractivity contribution in [2.24, 2.45) is 0 Å². The molecule has 0 spiro atoms. The van der Waals surface area contributed by atoms with Crippen LogP contribution in [0.15, 0.2) is 62.4 Å². The fourth-order valence-electron chi connectivity index (χ4n) is 2.31. The maximum Gasteiger partial charge on any atom is 0.336 e. The van der Waals surface area contributed by atoms with Crippen LogP contribution in [0.5, 0.6) is 5.75 Å². The van der Waals surface area contributed by atoms with Crippen LogP contribution in [-0.2, 0) is 4.79 Å². The highest BCUT2D eigenvalue weighted by Gasteiger charge is 2.19. The zero-order valence-electron chi connectivity index (χ0n) is 13.4. The first-order chi connectivity index (χ1) is 11.5. The molecule has 3 rings (SSSR count). The highest BCUT2D eigenvalue weighted by molar-refractivity contribution is 5.79. The van der Waals surface area contributed by atoms with Gasteiger partial charge >= 0.3 is 5.63 Å². The van der Waals surface area contributed by atoms with Gasteiger partial charge in [-0.15, -0.1) is 0 Å². The molecule has 2 heterocycles. The molecule has 6 nitrogen and oxygen atoms in total. The molecular weight excluding hydrogens is 310 g/mol. The molecule has 0 N–H and O–H groups in total. The largest absolute Gasteiger partial charge is 0.484 e. The number of carbonyl (C=O) groups is 1. The molecule has 1 amide bonds. The van der Waals surface area contributed by atoms with Gasteiger partial charge in [0.15, 0.2) is 6.61 Å². The molecule has 0 bridgehead atoms. The number of hydrogen-bond acceptors (Lipinski definition) is 5. The van der Waals surface area contributed by atoms with E-state index in [2.05, 4.69) is 0 Å². The van der Waals surface area contributed by atoms with E-state index in [1.807, 2.05) is 13.0 Å². The van der Waals surface area contributed by atoms with Crippen molar-refractivity contribution in [3.63, 3.8) is 0 Å². The predicted molar refractivity (Wildman–Crippen MR) is 87.9 cm³/mol. The van der Waals surface area contributed by atoms with Crippen LogP contribution in [0.3, 0.4) is 0 Å². The molecule has 2 aromatic heterocycles. The Morgan fingerprint density at radius 2 is 2.04 bits per heavy atom.